The largest absolute Gasteiger partial charge is 0.493 e. The molecule has 0 aliphatic carbocycles. The molecule has 1 N–H and O–H groups in total. The Labute approximate surface area is 169 Å². The predicted octanol–water partition coefficient (Wildman–Crippen LogP) is 1.98. The zero-order valence-corrected chi connectivity index (χ0v) is 16.6. The van der Waals surface area contributed by atoms with Gasteiger partial charge in [-0.3, -0.25) is 19.3 Å². The molecule has 7 heteroatoms. The Balaban J connectivity index is 1.48. The van der Waals surface area contributed by atoms with Crippen molar-refractivity contribution in [1.82, 2.24) is 10.2 Å². The van der Waals surface area contributed by atoms with Gasteiger partial charge in [-0.15, -0.1) is 0 Å². The van der Waals surface area contributed by atoms with Gasteiger partial charge in [-0.05, 0) is 35.7 Å². The minimum atomic E-state index is -0.338. The number of ether oxygens (including phenoxy) is 2. The van der Waals surface area contributed by atoms with E-state index in [2.05, 4.69) is 5.32 Å². The molecular weight excluding hydrogens is 372 g/mol. The van der Waals surface area contributed by atoms with Gasteiger partial charge in [0, 0.05) is 25.1 Å². The Morgan fingerprint density at radius 2 is 1.83 bits per heavy atom. The number of hydrogen-bond acceptors (Lipinski definition) is 5. The molecule has 0 saturated heterocycles. The van der Waals surface area contributed by atoms with Gasteiger partial charge in [0.25, 0.3) is 5.91 Å². The molecule has 0 aromatic heterocycles. The van der Waals surface area contributed by atoms with Gasteiger partial charge in [-0.1, -0.05) is 24.3 Å². The molecule has 3 rings (SSSR count). The fourth-order valence-electron chi connectivity index (χ4n) is 3.31. The molecule has 1 aliphatic rings. The second-order valence-corrected chi connectivity index (χ2v) is 6.72. The summed E-state index contributed by atoms with van der Waals surface area (Å²) in [5.74, 6) is 0.475. The van der Waals surface area contributed by atoms with Gasteiger partial charge in [0.05, 0.1) is 20.6 Å². The Morgan fingerprint density at radius 3 is 2.59 bits per heavy atom. The maximum atomic E-state index is 12.5. The fraction of sp³-hybridized carbons (Fsp3) is 0.318. The van der Waals surface area contributed by atoms with Crippen LogP contribution in [0.15, 0.2) is 42.5 Å². The zero-order chi connectivity index (χ0) is 20.8. The molecule has 1 heterocycles. The zero-order valence-electron chi connectivity index (χ0n) is 16.6. The van der Waals surface area contributed by atoms with Gasteiger partial charge in [-0.25, -0.2) is 0 Å². The van der Waals surface area contributed by atoms with E-state index >= 15 is 0 Å². The van der Waals surface area contributed by atoms with Crippen molar-refractivity contribution >= 4 is 17.7 Å². The van der Waals surface area contributed by atoms with Crippen LogP contribution in [0.3, 0.4) is 0 Å². The minimum Gasteiger partial charge on any atom is -0.493 e. The molecular formula is C22H24N2O5. The summed E-state index contributed by atoms with van der Waals surface area (Å²) in [6, 6.07) is 12.7. The van der Waals surface area contributed by atoms with Crippen molar-refractivity contribution in [2.45, 2.75) is 19.3 Å². The summed E-state index contributed by atoms with van der Waals surface area (Å²) >= 11 is 0. The Bertz CT molecular complexity index is 925. The number of nitrogens with zero attached hydrogens (tertiary/aromatic N) is 1. The van der Waals surface area contributed by atoms with Gasteiger partial charge in [0.2, 0.25) is 11.8 Å². The Kier molecular flexibility index (Phi) is 6.49. The van der Waals surface area contributed by atoms with Crippen LogP contribution in [0, 0.1) is 0 Å². The third kappa shape index (κ3) is 4.74. The van der Waals surface area contributed by atoms with Crippen LogP contribution in [-0.2, 0) is 22.4 Å². The third-order valence-electron chi connectivity index (χ3n) is 4.88. The summed E-state index contributed by atoms with van der Waals surface area (Å²) in [4.78, 5) is 38.1. The van der Waals surface area contributed by atoms with E-state index in [4.69, 9.17) is 9.47 Å². The topological polar surface area (TPSA) is 84.9 Å². The lowest BCUT2D eigenvalue weighted by molar-refractivity contribution is -0.129. The van der Waals surface area contributed by atoms with Crippen LogP contribution in [0.4, 0.5) is 0 Å². The van der Waals surface area contributed by atoms with Crippen LogP contribution >= 0.6 is 0 Å². The standard InChI is InChI=1S/C22H24N2O5/c1-28-18-8-7-15(13-19(18)29-2)9-11-23-20(25)10-12-24-21(26)14-16-5-3-4-6-17(16)22(24)27/h3-8,13H,9-12,14H2,1-2H3,(H,23,25). The number of fused-ring (bicyclic) bond motifs is 1. The van der Waals surface area contributed by atoms with Crippen LogP contribution in [-0.4, -0.2) is 49.9 Å². The average Bonchev–Trinajstić information content (AvgIpc) is 2.73. The number of carbonyl (C=O) groups excluding carboxylic acids is 3. The van der Waals surface area contributed by atoms with E-state index in [1.165, 1.54) is 0 Å². The van der Waals surface area contributed by atoms with Crippen molar-refractivity contribution in [1.29, 1.82) is 0 Å². The molecule has 2 aromatic rings. The van der Waals surface area contributed by atoms with Crippen LogP contribution < -0.4 is 14.8 Å². The van der Waals surface area contributed by atoms with Crippen molar-refractivity contribution in [2.75, 3.05) is 27.3 Å². The van der Waals surface area contributed by atoms with E-state index in [0.29, 0.717) is 30.0 Å². The first-order valence-corrected chi connectivity index (χ1v) is 9.43. The molecule has 0 atom stereocenters. The third-order valence-corrected chi connectivity index (χ3v) is 4.88. The lowest BCUT2D eigenvalue weighted by Gasteiger charge is -2.26. The highest BCUT2D eigenvalue weighted by molar-refractivity contribution is 6.09. The van der Waals surface area contributed by atoms with Crippen LogP contribution in [0.1, 0.15) is 27.9 Å². The number of nitrogens with one attached hydrogen (secondary N) is 1. The van der Waals surface area contributed by atoms with Crippen molar-refractivity contribution in [2.24, 2.45) is 0 Å². The minimum absolute atomic E-state index is 0.0750. The van der Waals surface area contributed by atoms with Gasteiger partial charge in [-0.2, -0.15) is 0 Å². The summed E-state index contributed by atoms with van der Waals surface area (Å²) in [6.07, 6.45) is 0.884. The highest BCUT2D eigenvalue weighted by Gasteiger charge is 2.30. The molecule has 0 spiro atoms. The maximum Gasteiger partial charge on any atom is 0.260 e. The molecule has 0 fully saturated rings. The molecule has 152 valence electrons. The van der Waals surface area contributed by atoms with Crippen LogP contribution in [0.2, 0.25) is 0 Å². The fourth-order valence-corrected chi connectivity index (χ4v) is 3.31. The molecule has 0 bridgehead atoms. The first-order valence-electron chi connectivity index (χ1n) is 9.43. The highest BCUT2D eigenvalue weighted by atomic mass is 16.5. The summed E-state index contributed by atoms with van der Waals surface area (Å²) in [5, 5.41) is 2.83. The second kappa shape index (κ2) is 9.23. The van der Waals surface area contributed by atoms with Gasteiger partial charge in [0.1, 0.15) is 0 Å². The first-order chi connectivity index (χ1) is 14.0. The van der Waals surface area contributed by atoms with Crippen molar-refractivity contribution in [3.8, 4) is 11.5 Å². The molecule has 0 unspecified atom stereocenters. The van der Waals surface area contributed by atoms with E-state index in [9.17, 15) is 14.4 Å². The molecule has 7 nitrogen and oxygen atoms in total. The summed E-state index contributed by atoms with van der Waals surface area (Å²) in [5.41, 5.74) is 2.26. The van der Waals surface area contributed by atoms with Gasteiger partial charge >= 0.3 is 0 Å². The molecule has 1 aliphatic heterocycles. The van der Waals surface area contributed by atoms with Gasteiger partial charge < -0.3 is 14.8 Å². The van der Waals surface area contributed by atoms with Crippen molar-refractivity contribution in [3.05, 3.63) is 59.2 Å². The highest BCUT2D eigenvalue weighted by Crippen LogP contribution is 2.27. The van der Waals surface area contributed by atoms with Crippen LogP contribution in [0.25, 0.3) is 0 Å². The first kappa shape index (κ1) is 20.4. The molecule has 0 saturated carbocycles. The quantitative estimate of drug-likeness (QED) is 0.690. The van der Waals surface area contributed by atoms with E-state index in [-0.39, 0.29) is 37.1 Å². The summed E-state index contributed by atoms with van der Waals surface area (Å²) in [7, 11) is 3.15. The second-order valence-electron chi connectivity index (χ2n) is 6.72. The summed E-state index contributed by atoms with van der Waals surface area (Å²) in [6.45, 7) is 0.521. The van der Waals surface area contributed by atoms with Crippen molar-refractivity contribution in [3.63, 3.8) is 0 Å². The Morgan fingerprint density at radius 1 is 1.07 bits per heavy atom. The Hall–Kier alpha value is -3.35. The van der Waals surface area contributed by atoms with Crippen molar-refractivity contribution < 1.29 is 23.9 Å². The summed E-state index contributed by atoms with van der Waals surface area (Å²) < 4.78 is 10.5. The number of benzene rings is 2. The van der Waals surface area contributed by atoms with Crippen LogP contribution in [0.5, 0.6) is 11.5 Å². The van der Waals surface area contributed by atoms with Gasteiger partial charge in [0.15, 0.2) is 11.5 Å². The van der Waals surface area contributed by atoms with E-state index in [0.717, 1.165) is 16.0 Å². The number of methoxy groups -OCH3 is 2. The molecule has 29 heavy (non-hydrogen) atoms. The number of carbonyl (C=O) groups is 3. The number of hydrogen-bond donors (Lipinski definition) is 1. The lowest BCUT2D eigenvalue weighted by Crippen LogP contribution is -2.44. The lowest BCUT2D eigenvalue weighted by atomic mass is 9.98. The normalized spacial score (nSPS) is 13.1. The number of imide groups is 1. The van der Waals surface area contributed by atoms with E-state index < -0.39 is 0 Å². The monoisotopic (exact) mass is 396 g/mol. The van der Waals surface area contributed by atoms with E-state index in [1.807, 2.05) is 18.2 Å². The van der Waals surface area contributed by atoms with E-state index in [1.54, 1.807) is 38.5 Å². The molecule has 0 radical (unpaired) electrons. The maximum absolute atomic E-state index is 12.5. The number of rotatable bonds is 8. The number of amides is 3. The SMILES string of the molecule is COc1ccc(CCNC(=O)CCN2C(=O)Cc3ccccc3C2=O)cc1OC. The molecule has 3 amide bonds. The smallest absolute Gasteiger partial charge is 0.260 e. The molecule has 2 aromatic carbocycles. The average molecular weight is 396 g/mol. The predicted molar refractivity (Wildman–Crippen MR) is 107 cm³/mol.